The molecule has 0 aromatic heterocycles. The van der Waals surface area contributed by atoms with Crippen molar-refractivity contribution in [2.24, 2.45) is 0 Å². The highest BCUT2D eigenvalue weighted by molar-refractivity contribution is 5.66. The van der Waals surface area contributed by atoms with Gasteiger partial charge in [-0.2, -0.15) is 0 Å². The number of alkyl carbamates (subject to hydrolysis) is 1. The van der Waals surface area contributed by atoms with Gasteiger partial charge in [0.1, 0.15) is 0 Å². The van der Waals surface area contributed by atoms with Crippen LogP contribution in [-0.4, -0.2) is 43.8 Å². The van der Waals surface area contributed by atoms with Crippen LogP contribution in [0.3, 0.4) is 0 Å². The van der Waals surface area contributed by atoms with E-state index in [0.717, 1.165) is 32.4 Å². The predicted molar refractivity (Wildman–Crippen MR) is 92.3 cm³/mol. The molecule has 130 valence electrons. The van der Waals surface area contributed by atoms with E-state index in [1.54, 1.807) is 0 Å². The second-order valence-electron chi connectivity index (χ2n) is 6.44. The van der Waals surface area contributed by atoms with Gasteiger partial charge in [-0.15, -0.1) is 0 Å². The summed E-state index contributed by atoms with van der Waals surface area (Å²) in [6.07, 6.45) is 13.4. The lowest BCUT2D eigenvalue weighted by Gasteiger charge is -2.26. The third-order valence-electron chi connectivity index (χ3n) is 4.35. The number of ether oxygens (including phenoxy) is 1. The number of nitrogens with one attached hydrogen (secondary N) is 1. The molecule has 1 saturated heterocycles. The summed E-state index contributed by atoms with van der Waals surface area (Å²) in [6.45, 7) is 7.18. The normalized spacial score (nSPS) is 15.7. The highest BCUT2D eigenvalue weighted by Crippen LogP contribution is 2.09. The SMILES string of the molecule is CCCCCCCCNC(=O)OCCCCN1CCCCC1. The van der Waals surface area contributed by atoms with Crippen LogP contribution in [0.25, 0.3) is 0 Å². The molecule has 1 rings (SSSR count). The van der Waals surface area contributed by atoms with Crippen LogP contribution in [0.5, 0.6) is 0 Å². The summed E-state index contributed by atoms with van der Waals surface area (Å²) in [5.74, 6) is 0. The maximum atomic E-state index is 11.5. The molecule has 1 heterocycles. The number of hydrogen-bond acceptors (Lipinski definition) is 3. The number of nitrogens with zero attached hydrogens (tertiary/aromatic N) is 1. The molecule has 1 aliphatic rings. The molecule has 0 saturated carbocycles. The van der Waals surface area contributed by atoms with Gasteiger partial charge in [0.15, 0.2) is 0 Å². The fourth-order valence-electron chi connectivity index (χ4n) is 2.93. The number of piperidine rings is 1. The molecule has 0 bridgehead atoms. The van der Waals surface area contributed by atoms with Gasteiger partial charge in [0.25, 0.3) is 0 Å². The molecule has 22 heavy (non-hydrogen) atoms. The highest BCUT2D eigenvalue weighted by atomic mass is 16.5. The minimum absolute atomic E-state index is 0.244. The van der Waals surface area contributed by atoms with Crippen molar-refractivity contribution in [1.82, 2.24) is 10.2 Å². The maximum Gasteiger partial charge on any atom is 0.407 e. The third-order valence-corrected chi connectivity index (χ3v) is 4.35. The van der Waals surface area contributed by atoms with Crippen LogP contribution in [0.4, 0.5) is 4.79 Å². The smallest absolute Gasteiger partial charge is 0.407 e. The van der Waals surface area contributed by atoms with Crippen molar-refractivity contribution in [2.75, 3.05) is 32.8 Å². The van der Waals surface area contributed by atoms with Gasteiger partial charge in [-0.25, -0.2) is 4.79 Å². The Bertz CT molecular complexity index is 266. The van der Waals surface area contributed by atoms with E-state index in [1.165, 1.54) is 64.5 Å². The molecule has 0 unspecified atom stereocenters. The van der Waals surface area contributed by atoms with E-state index >= 15 is 0 Å². The molecular weight excluding hydrogens is 276 g/mol. The van der Waals surface area contributed by atoms with Crippen molar-refractivity contribution in [3.63, 3.8) is 0 Å². The van der Waals surface area contributed by atoms with E-state index in [2.05, 4.69) is 17.1 Å². The first-order chi connectivity index (χ1) is 10.8. The first kappa shape index (κ1) is 19.3. The Labute approximate surface area is 137 Å². The lowest BCUT2D eigenvalue weighted by atomic mass is 10.1. The molecule has 4 nitrogen and oxygen atoms in total. The second kappa shape index (κ2) is 13.9. The summed E-state index contributed by atoms with van der Waals surface area (Å²) >= 11 is 0. The lowest BCUT2D eigenvalue weighted by Crippen LogP contribution is -2.30. The van der Waals surface area contributed by atoms with Crippen molar-refractivity contribution < 1.29 is 9.53 Å². The summed E-state index contributed by atoms with van der Waals surface area (Å²) in [4.78, 5) is 14.0. The summed E-state index contributed by atoms with van der Waals surface area (Å²) < 4.78 is 5.21. The predicted octanol–water partition coefficient (Wildman–Crippen LogP) is 4.34. The lowest BCUT2D eigenvalue weighted by molar-refractivity contribution is 0.141. The van der Waals surface area contributed by atoms with Gasteiger partial charge in [0, 0.05) is 6.54 Å². The molecule has 0 aliphatic carbocycles. The molecular formula is C18H36N2O2. The number of unbranched alkanes of at least 4 members (excludes halogenated alkanes) is 6. The van der Waals surface area contributed by atoms with E-state index in [9.17, 15) is 4.79 Å². The van der Waals surface area contributed by atoms with Gasteiger partial charge in [0.05, 0.1) is 6.61 Å². The van der Waals surface area contributed by atoms with Gasteiger partial charge in [0.2, 0.25) is 0 Å². The minimum atomic E-state index is -0.244. The largest absolute Gasteiger partial charge is 0.450 e. The molecule has 0 spiro atoms. The van der Waals surface area contributed by atoms with E-state index < -0.39 is 0 Å². The van der Waals surface area contributed by atoms with Crippen molar-refractivity contribution in [1.29, 1.82) is 0 Å². The molecule has 1 amide bonds. The Hall–Kier alpha value is -0.770. The quantitative estimate of drug-likeness (QED) is 0.545. The average molecular weight is 312 g/mol. The van der Waals surface area contributed by atoms with Crippen LogP contribution in [-0.2, 0) is 4.74 Å². The summed E-state index contributed by atoms with van der Waals surface area (Å²) in [7, 11) is 0. The van der Waals surface area contributed by atoms with Gasteiger partial charge in [-0.3, -0.25) is 0 Å². The number of amides is 1. The Morgan fingerprint density at radius 2 is 1.68 bits per heavy atom. The number of rotatable bonds is 12. The third kappa shape index (κ3) is 10.9. The van der Waals surface area contributed by atoms with Crippen LogP contribution < -0.4 is 5.32 Å². The molecule has 0 aromatic carbocycles. The van der Waals surface area contributed by atoms with Crippen molar-refractivity contribution in [3.8, 4) is 0 Å². The van der Waals surface area contributed by atoms with Gasteiger partial charge in [-0.05, 0) is 51.7 Å². The molecule has 4 heteroatoms. The highest BCUT2D eigenvalue weighted by Gasteiger charge is 2.09. The Morgan fingerprint density at radius 3 is 2.45 bits per heavy atom. The fourth-order valence-corrected chi connectivity index (χ4v) is 2.93. The van der Waals surface area contributed by atoms with Gasteiger partial charge >= 0.3 is 6.09 Å². The van der Waals surface area contributed by atoms with E-state index in [1.807, 2.05) is 0 Å². The van der Waals surface area contributed by atoms with Gasteiger partial charge < -0.3 is 15.0 Å². The monoisotopic (exact) mass is 312 g/mol. The van der Waals surface area contributed by atoms with Gasteiger partial charge in [-0.1, -0.05) is 45.4 Å². The Morgan fingerprint density at radius 1 is 0.955 bits per heavy atom. The molecule has 1 fully saturated rings. The number of carbonyl (C=O) groups excluding carboxylic acids is 1. The molecule has 0 radical (unpaired) electrons. The molecule has 1 N–H and O–H groups in total. The second-order valence-corrected chi connectivity index (χ2v) is 6.44. The van der Waals surface area contributed by atoms with Crippen molar-refractivity contribution in [3.05, 3.63) is 0 Å². The van der Waals surface area contributed by atoms with Crippen LogP contribution in [0.2, 0.25) is 0 Å². The van der Waals surface area contributed by atoms with E-state index in [-0.39, 0.29) is 6.09 Å². The Balaban J connectivity index is 1.80. The van der Waals surface area contributed by atoms with E-state index in [0.29, 0.717) is 6.61 Å². The zero-order valence-electron chi connectivity index (χ0n) is 14.6. The standard InChI is InChI=1S/C18H36N2O2/c1-2-3-4-5-6-8-13-19-18(21)22-17-12-11-16-20-14-9-7-10-15-20/h2-17H2,1H3,(H,19,21). The van der Waals surface area contributed by atoms with Crippen LogP contribution in [0.15, 0.2) is 0 Å². The summed E-state index contributed by atoms with van der Waals surface area (Å²) in [6, 6.07) is 0. The van der Waals surface area contributed by atoms with E-state index in [4.69, 9.17) is 4.74 Å². The van der Waals surface area contributed by atoms with Crippen LogP contribution in [0.1, 0.15) is 77.6 Å². The van der Waals surface area contributed by atoms with Crippen molar-refractivity contribution >= 4 is 6.09 Å². The van der Waals surface area contributed by atoms with Crippen molar-refractivity contribution in [2.45, 2.75) is 77.6 Å². The van der Waals surface area contributed by atoms with Crippen LogP contribution in [0, 0.1) is 0 Å². The number of carbonyl (C=O) groups is 1. The molecule has 0 atom stereocenters. The maximum absolute atomic E-state index is 11.5. The zero-order chi connectivity index (χ0) is 15.9. The number of likely N-dealkylation sites (tertiary alicyclic amines) is 1. The molecule has 1 aliphatic heterocycles. The first-order valence-corrected chi connectivity index (χ1v) is 9.46. The summed E-state index contributed by atoms with van der Waals surface area (Å²) in [5.41, 5.74) is 0. The topological polar surface area (TPSA) is 41.6 Å². The minimum Gasteiger partial charge on any atom is -0.450 e. The number of hydrogen-bond donors (Lipinski definition) is 1. The summed E-state index contributed by atoms with van der Waals surface area (Å²) in [5, 5.41) is 2.84. The fraction of sp³-hybridized carbons (Fsp3) is 0.944. The first-order valence-electron chi connectivity index (χ1n) is 9.46. The molecule has 0 aromatic rings. The average Bonchev–Trinajstić information content (AvgIpc) is 2.54. The zero-order valence-corrected chi connectivity index (χ0v) is 14.6. The van der Waals surface area contributed by atoms with Crippen LogP contribution >= 0.6 is 0 Å². The Kier molecular flexibility index (Phi) is 12.1.